The Morgan fingerprint density at radius 2 is 2.00 bits per heavy atom. The van der Waals surface area contributed by atoms with Crippen LogP contribution in [0.4, 0.5) is 11.4 Å². The third-order valence-corrected chi connectivity index (χ3v) is 3.02. The lowest BCUT2D eigenvalue weighted by Crippen LogP contribution is -2.29. The highest BCUT2D eigenvalue weighted by molar-refractivity contribution is 5.58. The Labute approximate surface area is 105 Å². The molecule has 1 aromatic rings. The van der Waals surface area contributed by atoms with Crippen LogP contribution in [-0.2, 0) is 0 Å². The molecule has 3 N–H and O–H groups in total. The summed E-state index contributed by atoms with van der Waals surface area (Å²) in [6.45, 7) is 10.8. The van der Waals surface area contributed by atoms with E-state index < -0.39 is 0 Å². The molecule has 0 aliphatic carbocycles. The minimum Gasteiger partial charge on any atom is -0.398 e. The zero-order valence-corrected chi connectivity index (χ0v) is 11.3. The fourth-order valence-corrected chi connectivity index (χ4v) is 1.85. The van der Waals surface area contributed by atoms with Gasteiger partial charge in [-0.25, -0.2) is 0 Å². The summed E-state index contributed by atoms with van der Waals surface area (Å²) in [5.41, 5.74) is 8.98. The molecule has 3 heteroatoms. The lowest BCUT2D eigenvalue weighted by atomic mass is 10.2. The van der Waals surface area contributed by atoms with Gasteiger partial charge in [0.25, 0.3) is 0 Å². The third-order valence-electron chi connectivity index (χ3n) is 3.02. The van der Waals surface area contributed by atoms with Crippen LogP contribution < -0.4 is 11.1 Å². The first-order valence-corrected chi connectivity index (χ1v) is 6.49. The maximum absolute atomic E-state index is 5.88. The van der Waals surface area contributed by atoms with Gasteiger partial charge in [-0.15, -0.1) is 0 Å². The summed E-state index contributed by atoms with van der Waals surface area (Å²) in [5, 5.41) is 3.41. The number of hydrogen-bond acceptors (Lipinski definition) is 3. The first-order chi connectivity index (χ1) is 8.17. The number of nitrogens with zero attached hydrogens (tertiary/aromatic N) is 1. The van der Waals surface area contributed by atoms with Crippen molar-refractivity contribution in [2.75, 3.05) is 37.2 Å². The van der Waals surface area contributed by atoms with Gasteiger partial charge in [-0.3, -0.25) is 0 Å². The third kappa shape index (κ3) is 4.65. The van der Waals surface area contributed by atoms with Crippen LogP contribution in [-0.4, -0.2) is 31.1 Å². The first kappa shape index (κ1) is 13.8. The highest BCUT2D eigenvalue weighted by atomic mass is 15.1. The van der Waals surface area contributed by atoms with Gasteiger partial charge in [-0.05, 0) is 44.1 Å². The summed E-state index contributed by atoms with van der Waals surface area (Å²) in [7, 11) is 0. The van der Waals surface area contributed by atoms with Crippen molar-refractivity contribution < 1.29 is 0 Å². The van der Waals surface area contributed by atoms with Crippen LogP contribution in [0.15, 0.2) is 18.2 Å². The molecular weight excluding hydrogens is 210 g/mol. The van der Waals surface area contributed by atoms with Gasteiger partial charge in [0.15, 0.2) is 0 Å². The SMILES string of the molecule is CCCN(CC)CCNc1ccc(C)c(N)c1. The van der Waals surface area contributed by atoms with Crippen LogP contribution >= 0.6 is 0 Å². The Bertz CT molecular complexity index is 336. The van der Waals surface area contributed by atoms with E-state index in [2.05, 4.69) is 36.2 Å². The molecule has 3 nitrogen and oxygen atoms in total. The largest absolute Gasteiger partial charge is 0.398 e. The molecule has 0 aromatic heterocycles. The summed E-state index contributed by atoms with van der Waals surface area (Å²) < 4.78 is 0. The Balaban J connectivity index is 2.37. The van der Waals surface area contributed by atoms with E-state index in [0.717, 1.165) is 36.6 Å². The second-order valence-electron chi connectivity index (χ2n) is 4.43. The summed E-state index contributed by atoms with van der Waals surface area (Å²) in [6.07, 6.45) is 1.21. The van der Waals surface area contributed by atoms with E-state index in [-0.39, 0.29) is 0 Å². The quantitative estimate of drug-likeness (QED) is 0.714. The highest BCUT2D eigenvalue weighted by Crippen LogP contribution is 2.16. The van der Waals surface area contributed by atoms with Gasteiger partial charge in [-0.2, -0.15) is 0 Å². The lowest BCUT2D eigenvalue weighted by Gasteiger charge is -2.20. The summed E-state index contributed by atoms with van der Waals surface area (Å²) >= 11 is 0. The zero-order valence-electron chi connectivity index (χ0n) is 11.3. The van der Waals surface area contributed by atoms with Crippen molar-refractivity contribution in [2.24, 2.45) is 0 Å². The van der Waals surface area contributed by atoms with Crippen LogP contribution in [0.1, 0.15) is 25.8 Å². The Morgan fingerprint density at radius 1 is 1.24 bits per heavy atom. The molecule has 0 saturated carbocycles. The number of likely N-dealkylation sites (N-methyl/N-ethyl adjacent to an activating group) is 1. The average molecular weight is 235 g/mol. The maximum Gasteiger partial charge on any atom is 0.0364 e. The van der Waals surface area contributed by atoms with Gasteiger partial charge in [0.2, 0.25) is 0 Å². The summed E-state index contributed by atoms with van der Waals surface area (Å²) in [4.78, 5) is 2.45. The number of nitrogens with one attached hydrogen (secondary N) is 1. The number of nitrogens with two attached hydrogens (primary N) is 1. The van der Waals surface area contributed by atoms with Crippen LogP contribution in [0.3, 0.4) is 0 Å². The molecule has 0 spiro atoms. The van der Waals surface area contributed by atoms with Crippen LogP contribution in [0, 0.1) is 6.92 Å². The second kappa shape index (κ2) is 7.17. The number of anilines is 2. The van der Waals surface area contributed by atoms with Crippen molar-refractivity contribution in [3.8, 4) is 0 Å². The van der Waals surface area contributed by atoms with Crippen molar-refractivity contribution in [3.05, 3.63) is 23.8 Å². The normalized spacial score (nSPS) is 10.8. The molecule has 0 aliphatic heterocycles. The van der Waals surface area contributed by atoms with Crippen molar-refractivity contribution in [1.82, 2.24) is 4.90 Å². The second-order valence-corrected chi connectivity index (χ2v) is 4.43. The molecule has 0 fully saturated rings. The topological polar surface area (TPSA) is 41.3 Å². The molecule has 0 aliphatic rings. The van der Waals surface area contributed by atoms with E-state index in [4.69, 9.17) is 5.73 Å². The fraction of sp³-hybridized carbons (Fsp3) is 0.571. The van der Waals surface area contributed by atoms with Gasteiger partial charge in [0, 0.05) is 24.5 Å². The molecular formula is C14H25N3. The first-order valence-electron chi connectivity index (χ1n) is 6.49. The monoisotopic (exact) mass is 235 g/mol. The van der Waals surface area contributed by atoms with Crippen molar-refractivity contribution >= 4 is 11.4 Å². The standard InChI is InChI=1S/C14H25N3/c1-4-9-17(5-2)10-8-16-13-7-6-12(3)14(15)11-13/h6-7,11,16H,4-5,8-10,15H2,1-3H3. The fourth-order valence-electron chi connectivity index (χ4n) is 1.85. The van der Waals surface area contributed by atoms with E-state index >= 15 is 0 Å². The number of hydrogen-bond donors (Lipinski definition) is 2. The number of rotatable bonds is 7. The average Bonchev–Trinajstić information content (AvgIpc) is 2.32. The highest BCUT2D eigenvalue weighted by Gasteiger charge is 2.00. The molecule has 17 heavy (non-hydrogen) atoms. The van der Waals surface area contributed by atoms with Crippen molar-refractivity contribution in [1.29, 1.82) is 0 Å². The van der Waals surface area contributed by atoms with Gasteiger partial charge in [-0.1, -0.05) is 19.9 Å². The van der Waals surface area contributed by atoms with Gasteiger partial charge < -0.3 is 16.0 Å². The molecule has 0 saturated heterocycles. The van der Waals surface area contributed by atoms with Crippen molar-refractivity contribution in [3.63, 3.8) is 0 Å². The summed E-state index contributed by atoms with van der Waals surface area (Å²) in [6, 6.07) is 6.15. The molecule has 0 radical (unpaired) electrons. The Kier molecular flexibility index (Phi) is 5.84. The summed E-state index contributed by atoms with van der Waals surface area (Å²) in [5.74, 6) is 0. The predicted molar refractivity (Wildman–Crippen MR) is 76.5 cm³/mol. The van der Waals surface area contributed by atoms with Crippen LogP contribution in [0.5, 0.6) is 0 Å². The smallest absolute Gasteiger partial charge is 0.0364 e. The van der Waals surface area contributed by atoms with Crippen LogP contribution in [0.2, 0.25) is 0 Å². The van der Waals surface area contributed by atoms with Crippen molar-refractivity contribution in [2.45, 2.75) is 27.2 Å². The minimum absolute atomic E-state index is 0.857. The van der Waals surface area contributed by atoms with Gasteiger partial charge >= 0.3 is 0 Å². The van der Waals surface area contributed by atoms with E-state index in [1.807, 2.05) is 13.0 Å². The predicted octanol–water partition coefficient (Wildman–Crippen LogP) is 2.72. The van der Waals surface area contributed by atoms with E-state index in [0.29, 0.717) is 0 Å². The lowest BCUT2D eigenvalue weighted by molar-refractivity contribution is 0.300. The Hall–Kier alpha value is -1.22. The molecule has 1 rings (SSSR count). The van der Waals surface area contributed by atoms with E-state index in [9.17, 15) is 0 Å². The van der Waals surface area contributed by atoms with E-state index in [1.54, 1.807) is 0 Å². The molecule has 96 valence electrons. The molecule has 1 aromatic carbocycles. The molecule has 0 atom stereocenters. The maximum atomic E-state index is 5.88. The zero-order chi connectivity index (χ0) is 12.7. The number of aryl methyl sites for hydroxylation is 1. The van der Waals surface area contributed by atoms with Gasteiger partial charge in [0.05, 0.1) is 0 Å². The number of benzene rings is 1. The van der Waals surface area contributed by atoms with Crippen LogP contribution in [0.25, 0.3) is 0 Å². The van der Waals surface area contributed by atoms with Gasteiger partial charge in [0.1, 0.15) is 0 Å². The van der Waals surface area contributed by atoms with E-state index in [1.165, 1.54) is 13.0 Å². The molecule has 0 bridgehead atoms. The number of nitrogen functional groups attached to an aromatic ring is 1. The molecule has 0 heterocycles. The minimum atomic E-state index is 0.857. The Morgan fingerprint density at radius 3 is 2.59 bits per heavy atom. The molecule has 0 unspecified atom stereocenters. The molecule has 0 amide bonds.